The molecule has 6 heteroatoms. The molecule has 0 saturated heterocycles. The Morgan fingerprint density at radius 1 is 1.26 bits per heavy atom. The summed E-state index contributed by atoms with van der Waals surface area (Å²) in [5.74, 6) is -2.83. The number of aromatic carboxylic acids is 1. The maximum Gasteiger partial charge on any atom is 0.339 e. The van der Waals surface area contributed by atoms with Gasteiger partial charge in [-0.1, -0.05) is 0 Å². The van der Waals surface area contributed by atoms with Crippen LogP contribution in [-0.4, -0.2) is 24.0 Å². The van der Waals surface area contributed by atoms with E-state index in [1.165, 1.54) is 19.2 Å². The molecule has 0 saturated carbocycles. The lowest BCUT2D eigenvalue weighted by molar-refractivity contribution is 0.0690. The second-order valence-electron chi connectivity index (χ2n) is 3.64. The van der Waals surface area contributed by atoms with Crippen LogP contribution < -0.4 is 4.74 Å². The predicted octanol–water partition coefficient (Wildman–Crippen LogP) is 2.36. The summed E-state index contributed by atoms with van der Waals surface area (Å²) in [6.45, 7) is 0. The van der Waals surface area contributed by atoms with Crippen LogP contribution in [0.5, 0.6) is 5.75 Å². The van der Waals surface area contributed by atoms with Crippen LogP contribution in [0.4, 0.5) is 4.39 Å². The van der Waals surface area contributed by atoms with Gasteiger partial charge in [0.25, 0.3) is 0 Å². The molecule has 0 spiro atoms. The van der Waals surface area contributed by atoms with Crippen molar-refractivity contribution in [2.24, 2.45) is 0 Å². The average molecular weight is 264 g/mol. The number of benzene rings is 1. The Kier molecular flexibility index (Phi) is 3.33. The van der Waals surface area contributed by atoms with Gasteiger partial charge in [-0.25, -0.2) is 9.18 Å². The fourth-order valence-electron chi connectivity index (χ4n) is 1.63. The van der Waals surface area contributed by atoms with Crippen LogP contribution in [0.3, 0.4) is 0 Å². The number of ether oxygens (including phenoxy) is 1. The van der Waals surface area contributed by atoms with Crippen LogP contribution in [0.25, 0.3) is 0 Å². The molecule has 0 aliphatic rings. The summed E-state index contributed by atoms with van der Waals surface area (Å²) < 4.78 is 22.8. The van der Waals surface area contributed by atoms with Gasteiger partial charge >= 0.3 is 5.97 Å². The van der Waals surface area contributed by atoms with Crippen LogP contribution in [0.15, 0.2) is 34.9 Å². The van der Waals surface area contributed by atoms with Gasteiger partial charge in [-0.3, -0.25) is 4.79 Å². The van der Waals surface area contributed by atoms with Crippen LogP contribution in [0.2, 0.25) is 0 Å². The molecule has 5 nitrogen and oxygen atoms in total. The lowest BCUT2D eigenvalue weighted by atomic mass is 10.0. The zero-order chi connectivity index (χ0) is 14.0. The molecule has 1 N–H and O–H groups in total. The Balaban J connectivity index is 2.50. The normalized spacial score (nSPS) is 10.2. The second-order valence-corrected chi connectivity index (χ2v) is 3.64. The monoisotopic (exact) mass is 264 g/mol. The molecule has 0 aliphatic heterocycles. The molecular formula is C13H9FO5. The molecule has 1 heterocycles. The van der Waals surface area contributed by atoms with E-state index >= 15 is 0 Å². The highest BCUT2D eigenvalue weighted by molar-refractivity contribution is 6.13. The highest BCUT2D eigenvalue weighted by Gasteiger charge is 2.24. The number of carbonyl (C=O) groups is 2. The van der Waals surface area contributed by atoms with Gasteiger partial charge in [-0.05, 0) is 18.2 Å². The summed E-state index contributed by atoms with van der Waals surface area (Å²) >= 11 is 0. The number of carboxylic acids is 1. The maximum absolute atomic E-state index is 13.0. The van der Waals surface area contributed by atoms with Crippen molar-refractivity contribution < 1.29 is 28.2 Å². The molecule has 0 aliphatic carbocycles. The van der Waals surface area contributed by atoms with Gasteiger partial charge < -0.3 is 14.3 Å². The average Bonchev–Trinajstić information content (AvgIpc) is 2.87. The minimum absolute atomic E-state index is 0.0118. The summed E-state index contributed by atoms with van der Waals surface area (Å²) in [5, 5.41) is 8.92. The Hall–Kier alpha value is -2.63. The molecular weight excluding hydrogens is 255 g/mol. The van der Waals surface area contributed by atoms with Gasteiger partial charge in [0.2, 0.25) is 5.78 Å². The minimum atomic E-state index is -1.28. The van der Waals surface area contributed by atoms with Gasteiger partial charge in [0, 0.05) is 6.07 Å². The standard InChI is InChI=1S/C13H9FO5/c1-18-10-6-7(14)2-3-8(10)11(15)12-9(13(16)17)4-5-19-12/h2-6H,1H3,(H,16,17). The first-order valence-corrected chi connectivity index (χ1v) is 5.23. The topological polar surface area (TPSA) is 76.7 Å². The zero-order valence-corrected chi connectivity index (χ0v) is 9.84. The number of halogens is 1. The second kappa shape index (κ2) is 4.93. The largest absolute Gasteiger partial charge is 0.496 e. The van der Waals surface area contributed by atoms with E-state index in [1.54, 1.807) is 0 Å². The summed E-state index contributed by atoms with van der Waals surface area (Å²) in [4.78, 5) is 23.1. The summed E-state index contributed by atoms with van der Waals surface area (Å²) in [6, 6.07) is 4.51. The van der Waals surface area contributed by atoms with E-state index < -0.39 is 17.6 Å². The van der Waals surface area contributed by atoms with Crippen LogP contribution in [0.1, 0.15) is 26.5 Å². The Labute approximate surface area is 107 Å². The van der Waals surface area contributed by atoms with Gasteiger partial charge in [0.05, 0.1) is 18.9 Å². The Morgan fingerprint density at radius 2 is 2.00 bits per heavy atom. The molecule has 0 fully saturated rings. The van der Waals surface area contributed by atoms with Crippen molar-refractivity contribution in [2.75, 3.05) is 7.11 Å². The zero-order valence-electron chi connectivity index (χ0n) is 9.84. The first-order chi connectivity index (χ1) is 9.04. The molecule has 0 unspecified atom stereocenters. The molecule has 2 rings (SSSR count). The Morgan fingerprint density at radius 3 is 2.63 bits per heavy atom. The van der Waals surface area contributed by atoms with Crippen LogP contribution >= 0.6 is 0 Å². The van der Waals surface area contributed by atoms with E-state index in [0.29, 0.717) is 0 Å². The van der Waals surface area contributed by atoms with Gasteiger partial charge in [-0.15, -0.1) is 0 Å². The molecule has 0 bridgehead atoms. The quantitative estimate of drug-likeness (QED) is 0.858. The molecule has 19 heavy (non-hydrogen) atoms. The van der Waals surface area contributed by atoms with Crippen LogP contribution in [0, 0.1) is 5.82 Å². The minimum Gasteiger partial charge on any atom is -0.496 e. The molecule has 0 amide bonds. The number of rotatable bonds is 4. The van der Waals surface area contributed by atoms with Crippen molar-refractivity contribution in [3.63, 3.8) is 0 Å². The molecule has 2 aromatic rings. The smallest absolute Gasteiger partial charge is 0.339 e. The molecule has 0 radical (unpaired) electrons. The number of hydrogen-bond acceptors (Lipinski definition) is 4. The molecule has 0 atom stereocenters. The van der Waals surface area contributed by atoms with Crippen LogP contribution in [-0.2, 0) is 0 Å². The number of carboxylic acid groups (broad SMARTS) is 1. The fourth-order valence-corrected chi connectivity index (χ4v) is 1.63. The van der Waals surface area contributed by atoms with E-state index in [9.17, 15) is 14.0 Å². The maximum atomic E-state index is 13.0. The van der Waals surface area contributed by atoms with Gasteiger partial charge in [0.1, 0.15) is 17.1 Å². The highest BCUT2D eigenvalue weighted by atomic mass is 19.1. The van der Waals surface area contributed by atoms with E-state index in [4.69, 9.17) is 14.3 Å². The molecule has 1 aromatic heterocycles. The van der Waals surface area contributed by atoms with E-state index in [1.807, 2.05) is 0 Å². The van der Waals surface area contributed by atoms with E-state index in [-0.39, 0.29) is 22.6 Å². The molecule has 98 valence electrons. The molecule has 1 aromatic carbocycles. The lowest BCUT2D eigenvalue weighted by Crippen LogP contribution is -2.08. The summed E-state index contributed by atoms with van der Waals surface area (Å²) in [7, 11) is 1.28. The first kappa shape index (κ1) is 12.8. The SMILES string of the molecule is COc1cc(F)ccc1C(=O)c1occc1C(=O)O. The van der Waals surface area contributed by atoms with Crippen molar-refractivity contribution in [3.05, 3.63) is 53.2 Å². The predicted molar refractivity (Wildman–Crippen MR) is 62.1 cm³/mol. The Bertz CT molecular complexity index is 644. The fraction of sp³-hybridized carbons (Fsp3) is 0.0769. The third-order valence-corrected chi connectivity index (χ3v) is 2.51. The van der Waals surface area contributed by atoms with Crippen molar-refractivity contribution in [2.45, 2.75) is 0 Å². The third kappa shape index (κ3) is 2.33. The number of ketones is 1. The summed E-state index contributed by atoms with van der Waals surface area (Å²) in [5.41, 5.74) is -0.224. The van der Waals surface area contributed by atoms with E-state index in [0.717, 1.165) is 18.4 Å². The van der Waals surface area contributed by atoms with Gasteiger partial charge in [0.15, 0.2) is 5.76 Å². The number of furan rings is 1. The number of methoxy groups -OCH3 is 1. The first-order valence-electron chi connectivity index (χ1n) is 5.23. The number of carbonyl (C=O) groups excluding carboxylic acids is 1. The number of hydrogen-bond donors (Lipinski definition) is 1. The van der Waals surface area contributed by atoms with Crippen molar-refractivity contribution in [3.8, 4) is 5.75 Å². The highest BCUT2D eigenvalue weighted by Crippen LogP contribution is 2.24. The summed E-state index contributed by atoms with van der Waals surface area (Å²) in [6.07, 6.45) is 1.10. The van der Waals surface area contributed by atoms with Gasteiger partial charge in [-0.2, -0.15) is 0 Å². The third-order valence-electron chi connectivity index (χ3n) is 2.51. The van der Waals surface area contributed by atoms with Crippen molar-refractivity contribution >= 4 is 11.8 Å². The lowest BCUT2D eigenvalue weighted by Gasteiger charge is -2.06. The van der Waals surface area contributed by atoms with Crippen molar-refractivity contribution in [1.82, 2.24) is 0 Å². The van der Waals surface area contributed by atoms with Crippen molar-refractivity contribution in [1.29, 1.82) is 0 Å². The van der Waals surface area contributed by atoms with E-state index in [2.05, 4.69) is 0 Å².